The van der Waals surface area contributed by atoms with E-state index in [2.05, 4.69) is 10.5 Å². The van der Waals surface area contributed by atoms with E-state index in [1.54, 1.807) is 6.21 Å². The molecule has 1 N–H and O–H groups in total. The molecular weight excluding hydrogens is 276 g/mol. The first-order valence-corrected chi connectivity index (χ1v) is 7.21. The number of oxime groups is 1. The van der Waals surface area contributed by atoms with Crippen LogP contribution in [-0.2, 0) is 9.63 Å². The van der Waals surface area contributed by atoms with Crippen LogP contribution in [0.25, 0.3) is 0 Å². The molecule has 0 radical (unpaired) electrons. The molecule has 0 unspecified atom stereocenters. The molecule has 2 aromatic rings. The molecule has 1 amide bonds. The SMILES string of the molecule is Cc1ccc(/C=N\OCC(=O)N[C@H](C)c2ccccc2)cc1. The van der Waals surface area contributed by atoms with Gasteiger partial charge in [-0.05, 0) is 25.0 Å². The summed E-state index contributed by atoms with van der Waals surface area (Å²) < 4.78 is 0. The molecule has 0 saturated heterocycles. The fraction of sp³-hybridized carbons (Fsp3) is 0.222. The zero-order valence-electron chi connectivity index (χ0n) is 12.8. The highest BCUT2D eigenvalue weighted by Gasteiger charge is 2.08. The van der Waals surface area contributed by atoms with Crippen LogP contribution in [0, 0.1) is 6.92 Å². The van der Waals surface area contributed by atoms with Crippen molar-refractivity contribution in [3.63, 3.8) is 0 Å². The number of hydrogen-bond acceptors (Lipinski definition) is 3. The van der Waals surface area contributed by atoms with E-state index in [1.807, 2.05) is 68.4 Å². The van der Waals surface area contributed by atoms with Gasteiger partial charge in [-0.1, -0.05) is 65.3 Å². The van der Waals surface area contributed by atoms with Gasteiger partial charge in [-0.3, -0.25) is 4.79 Å². The second-order valence-electron chi connectivity index (χ2n) is 5.12. The number of hydrogen-bond donors (Lipinski definition) is 1. The third-order valence-electron chi connectivity index (χ3n) is 3.23. The van der Waals surface area contributed by atoms with E-state index in [9.17, 15) is 4.79 Å². The average molecular weight is 296 g/mol. The van der Waals surface area contributed by atoms with Crippen molar-refractivity contribution in [1.82, 2.24) is 5.32 Å². The number of rotatable bonds is 6. The molecule has 0 aliphatic rings. The molecule has 1 atom stereocenters. The Morgan fingerprint density at radius 3 is 2.55 bits per heavy atom. The van der Waals surface area contributed by atoms with E-state index in [4.69, 9.17) is 4.84 Å². The minimum atomic E-state index is -0.197. The van der Waals surface area contributed by atoms with Gasteiger partial charge in [0.1, 0.15) is 0 Å². The Bertz CT molecular complexity index is 621. The summed E-state index contributed by atoms with van der Waals surface area (Å²) in [7, 11) is 0. The molecular formula is C18H20N2O2. The lowest BCUT2D eigenvalue weighted by atomic mass is 10.1. The lowest BCUT2D eigenvalue weighted by molar-refractivity contribution is -0.126. The Morgan fingerprint density at radius 1 is 1.18 bits per heavy atom. The van der Waals surface area contributed by atoms with Crippen LogP contribution in [0.1, 0.15) is 29.7 Å². The number of carbonyl (C=O) groups is 1. The van der Waals surface area contributed by atoms with Crippen molar-refractivity contribution in [1.29, 1.82) is 0 Å². The number of benzene rings is 2. The highest BCUT2D eigenvalue weighted by atomic mass is 16.6. The van der Waals surface area contributed by atoms with Crippen LogP contribution < -0.4 is 5.32 Å². The number of nitrogens with one attached hydrogen (secondary N) is 1. The van der Waals surface area contributed by atoms with E-state index in [-0.39, 0.29) is 18.6 Å². The first-order chi connectivity index (χ1) is 10.6. The highest BCUT2D eigenvalue weighted by molar-refractivity contribution is 5.80. The van der Waals surface area contributed by atoms with Gasteiger partial charge in [0.2, 0.25) is 0 Å². The zero-order valence-corrected chi connectivity index (χ0v) is 12.8. The topological polar surface area (TPSA) is 50.7 Å². The average Bonchev–Trinajstić information content (AvgIpc) is 2.54. The molecule has 4 nitrogen and oxygen atoms in total. The number of aryl methyl sites for hydroxylation is 1. The van der Waals surface area contributed by atoms with Crippen molar-refractivity contribution in [2.75, 3.05) is 6.61 Å². The van der Waals surface area contributed by atoms with E-state index in [1.165, 1.54) is 5.56 Å². The first kappa shape index (κ1) is 15.8. The van der Waals surface area contributed by atoms with Crippen molar-refractivity contribution < 1.29 is 9.63 Å². The van der Waals surface area contributed by atoms with E-state index in [0.29, 0.717) is 0 Å². The van der Waals surface area contributed by atoms with Gasteiger partial charge in [0.15, 0.2) is 6.61 Å². The van der Waals surface area contributed by atoms with Gasteiger partial charge >= 0.3 is 0 Å². The minimum absolute atomic E-state index is 0.0571. The summed E-state index contributed by atoms with van der Waals surface area (Å²) in [6.45, 7) is 3.86. The molecule has 0 aromatic heterocycles. The summed E-state index contributed by atoms with van der Waals surface area (Å²) in [5.41, 5.74) is 3.18. The Kier molecular flexibility index (Phi) is 5.72. The quantitative estimate of drug-likeness (QED) is 0.657. The van der Waals surface area contributed by atoms with Crippen molar-refractivity contribution in [2.45, 2.75) is 19.9 Å². The second kappa shape index (κ2) is 7.98. The molecule has 0 aliphatic heterocycles. The van der Waals surface area contributed by atoms with Crippen molar-refractivity contribution in [3.05, 3.63) is 71.3 Å². The third-order valence-corrected chi connectivity index (χ3v) is 3.23. The summed E-state index contributed by atoms with van der Waals surface area (Å²) >= 11 is 0. The van der Waals surface area contributed by atoms with Crippen LogP contribution in [0.2, 0.25) is 0 Å². The van der Waals surface area contributed by atoms with Crippen LogP contribution >= 0.6 is 0 Å². The zero-order chi connectivity index (χ0) is 15.8. The van der Waals surface area contributed by atoms with Crippen LogP contribution in [0.3, 0.4) is 0 Å². The van der Waals surface area contributed by atoms with E-state index >= 15 is 0 Å². The van der Waals surface area contributed by atoms with Gasteiger partial charge in [-0.15, -0.1) is 0 Å². The Balaban J connectivity index is 1.75. The molecule has 0 heterocycles. The third kappa shape index (κ3) is 5.05. The lowest BCUT2D eigenvalue weighted by Gasteiger charge is -2.13. The van der Waals surface area contributed by atoms with Crippen LogP contribution in [0.5, 0.6) is 0 Å². The molecule has 0 spiro atoms. The molecule has 0 bridgehead atoms. The smallest absolute Gasteiger partial charge is 0.261 e. The van der Waals surface area contributed by atoms with Crippen molar-refractivity contribution in [3.8, 4) is 0 Å². The maximum Gasteiger partial charge on any atom is 0.261 e. The van der Waals surface area contributed by atoms with Crippen molar-refractivity contribution >= 4 is 12.1 Å². The summed E-state index contributed by atoms with van der Waals surface area (Å²) in [6, 6.07) is 17.6. The summed E-state index contributed by atoms with van der Waals surface area (Å²) in [6.07, 6.45) is 1.59. The molecule has 4 heteroatoms. The van der Waals surface area contributed by atoms with Gasteiger partial charge < -0.3 is 10.2 Å². The van der Waals surface area contributed by atoms with Gasteiger partial charge in [0.05, 0.1) is 12.3 Å². The first-order valence-electron chi connectivity index (χ1n) is 7.21. The molecule has 0 aliphatic carbocycles. The monoisotopic (exact) mass is 296 g/mol. The summed E-state index contributed by atoms with van der Waals surface area (Å²) in [4.78, 5) is 16.8. The molecule has 2 aromatic carbocycles. The van der Waals surface area contributed by atoms with Crippen LogP contribution in [-0.4, -0.2) is 18.7 Å². The summed E-state index contributed by atoms with van der Waals surface area (Å²) in [5.74, 6) is -0.197. The Hall–Kier alpha value is -2.62. The minimum Gasteiger partial charge on any atom is -0.386 e. The molecule has 22 heavy (non-hydrogen) atoms. The predicted molar refractivity (Wildman–Crippen MR) is 87.7 cm³/mol. The fourth-order valence-electron chi connectivity index (χ4n) is 1.95. The number of carbonyl (C=O) groups excluding carboxylic acids is 1. The van der Waals surface area contributed by atoms with Gasteiger partial charge in [0, 0.05) is 0 Å². The summed E-state index contributed by atoms with van der Waals surface area (Å²) in [5, 5.41) is 6.67. The molecule has 2 rings (SSSR count). The maximum atomic E-state index is 11.8. The van der Waals surface area contributed by atoms with E-state index < -0.39 is 0 Å². The second-order valence-corrected chi connectivity index (χ2v) is 5.12. The Morgan fingerprint density at radius 2 is 1.86 bits per heavy atom. The van der Waals surface area contributed by atoms with Gasteiger partial charge in [-0.25, -0.2) is 0 Å². The van der Waals surface area contributed by atoms with Crippen LogP contribution in [0.4, 0.5) is 0 Å². The Labute approximate surface area is 130 Å². The van der Waals surface area contributed by atoms with Crippen LogP contribution in [0.15, 0.2) is 59.8 Å². The highest BCUT2D eigenvalue weighted by Crippen LogP contribution is 2.10. The van der Waals surface area contributed by atoms with Gasteiger partial charge in [-0.2, -0.15) is 0 Å². The normalized spacial score (nSPS) is 12.1. The molecule has 0 saturated carbocycles. The van der Waals surface area contributed by atoms with E-state index in [0.717, 1.165) is 11.1 Å². The molecule has 0 fully saturated rings. The number of amides is 1. The standard InChI is InChI=1S/C18H20N2O2/c1-14-8-10-16(11-9-14)12-19-22-13-18(21)20-15(2)17-6-4-3-5-7-17/h3-12,15H,13H2,1-2H3,(H,20,21)/b19-12-/t15-/m1/s1. The van der Waals surface area contributed by atoms with Gasteiger partial charge in [0.25, 0.3) is 5.91 Å². The fourth-order valence-corrected chi connectivity index (χ4v) is 1.95. The maximum absolute atomic E-state index is 11.8. The largest absolute Gasteiger partial charge is 0.386 e. The number of nitrogens with zero attached hydrogens (tertiary/aromatic N) is 1. The predicted octanol–water partition coefficient (Wildman–Crippen LogP) is 3.22. The molecule has 114 valence electrons. The van der Waals surface area contributed by atoms with Crippen molar-refractivity contribution in [2.24, 2.45) is 5.16 Å². The lowest BCUT2D eigenvalue weighted by Crippen LogP contribution is -2.29.